The number of hydrogen-bond donors (Lipinski definition) is 1. The van der Waals surface area contributed by atoms with Crippen LogP contribution < -0.4 is 5.32 Å². The summed E-state index contributed by atoms with van der Waals surface area (Å²) in [4.78, 5) is 11.0. The summed E-state index contributed by atoms with van der Waals surface area (Å²) < 4.78 is 27.0. The van der Waals surface area contributed by atoms with E-state index in [1.807, 2.05) is 0 Å². The zero-order valence-electron chi connectivity index (χ0n) is 10.1. The first-order valence-electron chi connectivity index (χ1n) is 5.95. The van der Waals surface area contributed by atoms with Crippen molar-refractivity contribution in [2.45, 2.75) is 31.7 Å². The molecule has 0 aromatic rings. The third-order valence-corrected chi connectivity index (χ3v) is 5.97. The number of hydrogen-bond acceptors (Lipinski definition) is 5. The summed E-state index contributed by atoms with van der Waals surface area (Å²) in [5, 5.41) is 3.15. The maximum atomic E-state index is 11.2. The van der Waals surface area contributed by atoms with E-state index in [4.69, 9.17) is 0 Å². The molecule has 0 radical (unpaired) electrons. The van der Waals surface area contributed by atoms with Crippen LogP contribution in [0.15, 0.2) is 0 Å². The van der Waals surface area contributed by atoms with E-state index in [1.165, 1.54) is 7.11 Å². The number of sulfone groups is 1. The highest BCUT2D eigenvalue weighted by Gasteiger charge is 2.49. The molecule has 0 bridgehead atoms. The van der Waals surface area contributed by atoms with Crippen LogP contribution in [-0.2, 0) is 19.4 Å². The molecule has 1 saturated heterocycles. The van der Waals surface area contributed by atoms with Crippen LogP contribution in [0, 0.1) is 5.41 Å². The zero-order valence-corrected chi connectivity index (χ0v) is 10.9. The monoisotopic (exact) mass is 261 g/mol. The molecule has 0 aromatic heterocycles. The predicted octanol–water partition coefficient (Wildman–Crippen LogP) is 0.106. The van der Waals surface area contributed by atoms with Crippen molar-refractivity contribution in [3.8, 4) is 0 Å². The van der Waals surface area contributed by atoms with Gasteiger partial charge in [0, 0.05) is 6.04 Å². The summed E-state index contributed by atoms with van der Waals surface area (Å²) >= 11 is 0. The van der Waals surface area contributed by atoms with Crippen LogP contribution in [0.2, 0.25) is 0 Å². The number of nitrogens with one attached hydrogen (secondary N) is 1. The van der Waals surface area contributed by atoms with Gasteiger partial charge in [-0.1, -0.05) is 0 Å². The molecular formula is C11H19NO4S. The van der Waals surface area contributed by atoms with Gasteiger partial charge in [0.25, 0.3) is 0 Å². The highest BCUT2D eigenvalue weighted by atomic mass is 32.2. The Morgan fingerprint density at radius 1 is 1.35 bits per heavy atom. The van der Waals surface area contributed by atoms with Gasteiger partial charge < -0.3 is 10.1 Å². The summed E-state index contributed by atoms with van der Waals surface area (Å²) in [5.41, 5.74) is 0.0578. The molecule has 1 N–H and O–H groups in total. The van der Waals surface area contributed by atoms with Gasteiger partial charge in [-0.15, -0.1) is 0 Å². The van der Waals surface area contributed by atoms with Crippen LogP contribution in [0.4, 0.5) is 0 Å². The molecule has 98 valence electrons. The van der Waals surface area contributed by atoms with Crippen LogP contribution in [0.3, 0.4) is 0 Å². The lowest BCUT2D eigenvalue weighted by Crippen LogP contribution is -2.52. The average Bonchev–Trinajstić information content (AvgIpc) is 2.25. The summed E-state index contributed by atoms with van der Waals surface area (Å²) in [6.45, 7) is 0.243. The molecule has 17 heavy (non-hydrogen) atoms. The molecule has 1 saturated carbocycles. The van der Waals surface area contributed by atoms with Gasteiger partial charge in [0.05, 0.1) is 25.2 Å². The van der Waals surface area contributed by atoms with E-state index in [2.05, 4.69) is 10.1 Å². The maximum Gasteiger partial charge on any atom is 0.319 e. The Labute approximate surface area is 102 Å². The van der Waals surface area contributed by atoms with Crippen molar-refractivity contribution in [1.82, 2.24) is 5.32 Å². The fraction of sp³-hybridized carbons (Fsp3) is 0.909. The van der Waals surface area contributed by atoms with E-state index in [9.17, 15) is 13.2 Å². The number of esters is 1. The lowest BCUT2D eigenvalue weighted by Gasteiger charge is -2.46. The molecule has 2 fully saturated rings. The van der Waals surface area contributed by atoms with Gasteiger partial charge in [-0.05, 0) is 31.1 Å². The van der Waals surface area contributed by atoms with E-state index in [0.29, 0.717) is 17.5 Å². The van der Waals surface area contributed by atoms with Crippen molar-refractivity contribution in [3.63, 3.8) is 0 Å². The van der Waals surface area contributed by atoms with Crippen LogP contribution in [0.5, 0.6) is 0 Å². The summed E-state index contributed by atoms with van der Waals surface area (Å²) in [6.07, 6.45) is 3.80. The maximum absolute atomic E-state index is 11.2. The molecule has 1 aliphatic heterocycles. The Hall–Kier alpha value is -0.620. The highest BCUT2D eigenvalue weighted by molar-refractivity contribution is 7.92. The molecule has 2 aliphatic rings. The van der Waals surface area contributed by atoms with Gasteiger partial charge in [-0.2, -0.15) is 0 Å². The Morgan fingerprint density at radius 2 is 1.94 bits per heavy atom. The molecule has 2 rings (SSSR count). The minimum atomic E-state index is -2.73. The third kappa shape index (κ3) is 2.98. The largest absolute Gasteiger partial charge is 0.468 e. The molecule has 1 spiro atoms. The first-order valence-corrected chi connectivity index (χ1v) is 7.78. The Balaban J connectivity index is 1.74. The molecule has 0 amide bonds. The lowest BCUT2D eigenvalue weighted by atomic mass is 9.74. The number of rotatable bonds is 3. The molecule has 0 aromatic carbocycles. The summed E-state index contributed by atoms with van der Waals surface area (Å²) in [7, 11) is -1.36. The average molecular weight is 261 g/mol. The van der Waals surface area contributed by atoms with Crippen molar-refractivity contribution in [2.24, 2.45) is 5.41 Å². The van der Waals surface area contributed by atoms with Crippen LogP contribution in [0.1, 0.15) is 25.7 Å². The molecule has 0 atom stereocenters. The smallest absolute Gasteiger partial charge is 0.319 e. The summed E-state index contributed by atoms with van der Waals surface area (Å²) in [5.74, 6) is 0.476. The quantitative estimate of drug-likeness (QED) is 0.730. The van der Waals surface area contributed by atoms with Crippen LogP contribution >= 0.6 is 0 Å². The van der Waals surface area contributed by atoms with Crippen molar-refractivity contribution in [1.29, 1.82) is 0 Å². The Morgan fingerprint density at radius 3 is 2.41 bits per heavy atom. The van der Waals surface area contributed by atoms with Gasteiger partial charge in [-0.3, -0.25) is 4.79 Å². The first kappa shape index (κ1) is 12.8. The van der Waals surface area contributed by atoms with Gasteiger partial charge in [0.15, 0.2) is 9.84 Å². The van der Waals surface area contributed by atoms with Gasteiger partial charge in [0.2, 0.25) is 0 Å². The number of ether oxygens (including phenoxy) is 1. The molecular weight excluding hydrogens is 242 g/mol. The second-order valence-corrected chi connectivity index (χ2v) is 7.33. The van der Waals surface area contributed by atoms with Crippen LogP contribution in [0.25, 0.3) is 0 Å². The fourth-order valence-electron chi connectivity index (χ4n) is 2.91. The van der Waals surface area contributed by atoms with Crippen molar-refractivity contribution < 1.29 is 17.9 Å². The normalized spacial score (nSPS) is 26.4. The van der Waals surface area contributed by atoms with E-state index in [-0.39, 0.29) is 17.9 Å². The Bertz CT molecular complexity index is 382. The highest BCUT2D eigenvalue weighted by Crippen LogP contribution is 2.45. The van der Waals surface area contributed by atoms with Crippen LogP contribution in [-0.4, -0.2) is 45.6 Å². The Kier molecular flexibility index (Phi) is 3.45. The van der Waals surface area contributed by atoms with Gasteiger partial charge in [0.1, 0.15) is 0 Å². The first-order chi connectivity index (χ1) is 7.95. The van der Waals surface area contributed by atoms with Gasteiger partial charge in [-0.25, -0.2) is 8.42 Å². The van der Waals surface area contributed by atoms with Crippen molar-refractivity contribution in [3.05, 3.63) is 0 Å². The van der Waals surface area contributed by atoms with E-state index >= 15 is 0 Å². The number of carbonyl (C=O) groups is 1. The molecule has 1 aliphatic carbocycles. The minimum Gasteiger partial charge on any atom is -0.468 e. The summed E-state index contributed by atoms with van der Waals surface area (Å²) in [6, 6.07) is 0.322. The number of methoxy groups -OCH3 is 1. The van der Waals surface area contributed by atoms with E-state index in [1.54, 1.807) is 0 Å². The second-order valence-electron chi connectivity index (χ2n) is 5.26. The standard InChI is InChI=1S/C11H19NO4S/c1-16-10(13)6-12-9-2-4-11(5-3-9)7-17(14,15)8-11/h9,12H,2-8H2,1H3. The molecule has 6 heteroatoms. The molecule has 5 nitrogen and oxygen atoms in total. The van der Waals surface area contributed by atoms with Gasteiger partial charge >= 0.3 is 5.97 Å². The van der Waals surface area contributed by atoms with E-state index < -0.39 is 9.84 Å². The van der Waals surface area contributed by atoms with Crippen molar-refractivity contribution in [2.75, 3.05) is 25.2 Å². The zero-order chi connectivity index (χ0) is 12.5. The third-order valence-electron chi connectivity index (χ3n) is 3.86. The number of carbonyl (C=O) groups excluding carboxylic acids is 1. The van der Waals surface area contributed by atoms with Crippen molar-refractivity contribution >= 4 is 15.8 Å². The SMILES string of the molecule is COC(=O)CNC1CCC2(CC1)CS(=O)(=O)C2. The van der Waals surface area contributed by atoms with E-state index in [0.717, 1.165) is 25.7 Å². The fourth-order valence-corrected chi connectivity index (χ4v) is 5.27. The minimum absolute atomic E-state index is 0.0578. The topological polar surface area (TPSA) is 72.5 Å². The molecule has 1 heterocycles. The molecule has 0 unspecified atom stereocenters. The lowest BCUT2D eigenvalue weighted by molar-refractivity contribution is -0.139. The second kappa shape index (κ2) is 4.57. The predicted molar refractivity (Wildman–Crippen MR) is 63.4 cm³/mol.